The SMILES string of the molecule is O=C1CCCc2c1n(C(=O)c1ccc(Cl)cc1)c1ccc(Br)cc21. The van der Waals surface area contributed by atoms with Gasteiger partial charge in [-0.3, -0.25) is 14.2 Å². The van der Waals surface area contributed by atoms with Crippen molar-refractivity contribution >= 4 is 50.1 Å². The Balaban J connectivity index is 2.00. The summed E-state index contributed by atoms with van der Waals surface area (Å²) in [4.78, 5) is 25.6. The maximum Gasteiger partial charge on any atom is 0.262 e. The van der Waals surface area contributed by atoms with Gasteiger partial charge in [-0.1, -0.05) is 27.5 Å². The van der Waals surface area contributed by atoms with Crippen molar-refractivity contribution in [3.63, 3.8) is 0 Å². The maximum absolute atomic E-state index is 13.1. The lowest BCUT2D eigenvalue weighted by atomic mass is 9.94. The number of benzene rings is 2. The standard InChI is InChI=1S/C19H13BrClNO2/c20-12-6-9-16-15(10-12)14-2-1-3-17(23)18(14)22(16)19(24)11-4-7-13(21)8-5-11/h4-10H,1-3H2. The Morgan fingerprint density at radius 2 is 1.83 bits per heavy atom. The number of hydrogen-bond acceptors (Lipinski definition) is 2. The third-order valence-corrected chi connectivity index (χ3v) is 5.17. The Hall–Kier alpha value is -1.91. The minimum atomic E-state index is -0.199. The summed E-state index contributed by atoms with van der Waals surface area (Å²) >= 11 is 9.40. The van der Waals surface area contributed by atoms with Gasteiger partial charge in [-0.05, 0) is 60.9 Å². The van der Waals surface area contributed by atoms with Crippen LogP contribution in [0.4, 0.5) is 0 Å². The molecule has 0 N–H and O–H groups in total. The van der Waals surface area contributed by atoms with Gasteiger partial charge in [0.2, 0.25) is 0 Å². The first-order chi connectivity index (χ1) is 11.6. The lowest BCUT2D eigenvalue weighted by molar-refractivity contribution is 0.0913. The van der Waals surface area contributed by atoms with Gasteiger partial charge < -0.3 is 0 Å². The number of rotatable bonds is 1. The topological polar surface area (TPSA) is 39.1 Å². The Morgan fingerprint density at radius 3 is 2.58 bits per heavy atom. The normalized spacial score (nSPS) is 14.0. The van der Waals surface area contributed by atoms with E-state index in [1.54, 1.807) is 28.8 Å². The van der Waals surface area contributed by atoms with E-state index < -0.39 is 0 Å². The lowest BCUT2D eigenvalue weighted by Gasteiger charge is -2.14. The lowest BCUT2D eigenvalue weighted by Crippen LogP contribution is -2.21. The molecule has 0 saturated heterocycles. The van der Waals surface area contributed by atoms with Crippen molar-refractivity contribution in [3.05, 3.63) is 68.8 Å². The second-order valence-corrected chi connectivity index (χ2v) is 7.26. The molecule has 0 saturated carbocycles. The highest BCUT2D eigenvalue weighted by molar-refractivity contribution is 9.10. The van der Waals surface area contributed by atoms with Gasteiger partial charge in [-0.15, -0.1) is 0 Å². The van der Waals surface area contributed by atoms with E-state index in [0.29, 0.717) is 22.7 Å². The van der Waals surface area contributed by atoms with Gasteiger partial charge in [0.15, 0.2) is 5.78 Å². The molecule has 4 rings (SSSR count). The summed E-state index contributed by atoms with van der Waals surface area (Å²) in [7, 11) is 0. The summed E-state index contributed by atoms with van der Waals surface area (Å²) in [6, 6.07) is 12.5. The van der Waals surface area contributed by atoms with Crippen molar-refractivity contribution in [2.24, 2.45) is 0 Å². The Kier molecular flexibility index (Phi) is 3.82. The van der Waals surface area contributed by atoms with Gasteiger partial charge in [0.25, 0.3) is 5.91 Å². The van der Waals surface area contributed by atoms with E-state index in [1.807, 2.05) is 18.2 Å². The number of carbonyl (C=O) groups is 2. The molecule has 24 heavy (non-hydrogen) atoms. The highest BCUT2D eigenvalue weighted by Crippen LogP contribution is 2.34. The number of halogens is 2. The number of nitrogens with zero attached hydrogens (tertiary/aromatic N) is 1. The highest BCUT2D eigenvalue weighted by atomic mass is 79.9. The molecule has 0 amide bonds. The minimum absolute atomic E-state index is 0.0332. The Morgan fingerprint density at radius 1 is 1.08 bits per heavy atom. The second kappa shape index (κ2) is 5.87. The fraction of sp³-hybridized carbons (Fsp3) is 0.158. The molecule has 120 valence electrons. The summed E-state index contributed by atoms with van der Waals surface area (Å²) in [6.07, 6.45) is 2.12. The van der Waals surface area contributed by atoms with Crippen molar-refractivity contribution < 1.29 is 9.59 Å². The molecule has 0 atom stereocenters. The molecule has 5 heteroatoms. The molecule has 1 aromatic heterocycles. The molecular formula is C19H13BrClNO2. The van der Waals surface area contributed by atoms with Crippen LogP contribution in [-0.4, -0.2) is 16.3 Å². The zero-order chi connectivity index (χ0) is 16.8. The van der Waals surface area contributed by atoms with E-state index in [1.165, 1.54) is 0 Å². The average molecular weight is 403 g/mol. The first-order valence-corrected chi connectivity index (χ1v) is 8.89. The van der Waals surface area contributed by atoms with Crippen LogP contribution in [0.2, 0.25) is 5.02 Å². The number of fused-ring (bicyclic) bond motifs is 3. The van der Waals surface area contributed by atoms with E-state index in [9.17, 15) is 9.59 Å². The van der Waals surface area contributed by atoms with Crippen molar-refractivity contribution in [1.29, 1.82) is 0 Å². The van der Waals surface area contributed by atoms with Crippen LogP contribution in [0, 0.1) is 0 Å². The van der Waals surface area contributed by atoms with E-state index >= 15 is 0 Å². The Labute approximate surface area is 152 Å². The van der Waals surface area contributed by atoms with Crippen LogP contribution < -0.4 is 0 Å². The third kappa shape index (κ3) is 2.41. The molecule has 3 aromatic rings. The predicted molar refractivity (Wildman–Crippen MR) is 98.1 cm³/mol. The van der Waals surface area contributed by atoms with Crippen molar-refractivity contribution in [3.8, 4) is 0 Å². The van der Waals surface area contributed by atoms with Crippen LogP contribution in [-0.2, 0) is 6.42 Å². The van der Waals surface area contributed by atoms with Gasteiger partial charge in [-0.2, -0.15) is 0 Å². The fourth-order valence-electron chi connectivity index (χ4n) is 3.35. The molecule has 0 bridgehead atoms. The molecule has 3 nitrogen and oxygen atoms in total. The molecular weight excluding hydrogens is 390 g/mol. The van der Waals surface area contributed by atoms with Crippen LogP contribution in [0.3, 0.4) is 0 Å². The van der Waals surface area contributed by atoms with Crippen LogP contribution in [0.1, 0.15) is 39.3 Å². The molecule has 0 radical (unpaired) electrons. The number of ketones is 1. The first-order valence-electron chi connectivity index (χ1n) is 7.72. The van der Waals surface area contributed by atoms with Gasteiger partial charge >= 0.3 is 0 Å². The molecule has 0 aliphatic heterocycles. The second-order valence-electron chi connectivity index (χ2n) is 5.91. The van der Waals surface area contributed by atoms with E-state index in [-0.39, 0.29) is 11.7 Å². The number of carbonyl (C=O) groups excluding carboxylic acids is 2. The number of Topliss-reactive ketones (excluding diaryl/α,β-unsaturated/α-hetero) is 1. The van der Waals surface area contributed by atoms with Crippen molar-refractivity contribution in [1.82, 2.24) is 4.57 Å². The zero-order valence-electron chi connectivity index (χ0n) is 12.7. The van der Waals surface area contributed by atoms with Gasteiger partial charge in [0.05, 0.1) is 11.2 Å². The molecule has 2 aromatic carbocycles. The van der Waals surface area contributed by atoms with Crippen LogP contribution in [0.25, 0.3) is 10.9 Å². The quantitative estimate of drug-likeness (QED) is 0.556. The molecule has 1 heterocycles. The third-order valence-electron chi connectivity index (χ3n) is 4.42. The predicted octanol–water partition coefficient (Wildman–Crippen LogP) is 5.26. The average Bonchev–Trinajstić information content (AvgIpc) is 2.90. The molecule has 0 fully saturated rings. The summed E-state index contributed by atoms with van der Waals surface area (Å²) in [5.74, 6) is -0.165. The Bertz CT molecular complexity index is 989. The maximum atomic E-state index is 13.1. The van der Waals surface area contributed by atoms with Crippen LogP contribution >= 0.6 is 27.5 Å². The van der Waals surface area contributed by atoms with E-state index in [0.717, 1.165) is 33.8 Å². The summed E-state index contributed by atoms with van der Waals surface area (Å²) in [6.45, 7) is 0. The van der Waals surface area contributed by atoms with Gasteiger partial charge in [0, 0.05) is 26.9 Å². The fourth-order valence-corrected chi connectivity index (χ4v) is 3.84. The molecule has 1 aliphatic rings. The van der Waals surface area contributed by atoms with Crippen LogP contribution in [0.15, 0.2) is 46.9 Å². The molecule has 0 unspecified atom stereocenters. The van der Waals surface area contributed by atoms with Crippen LogP contribution in [0.5, 0.6) is 0 Å². The zero-order valence-corrected chi connectivity index (χ0v) is 15.0. The monoisotopic (exact) mass is 401 g/mol. The number of aromatic nitrogens is 1. The van der Waals surface area contributed by atoms with Crippen molar-refractivity contribution in [2.75, 3.05) is 0 Å². The van der Waals surface area contributed by atoms with E-state index in [4.69, 9.17) is 11.6 Å². The summed E-state index contributed by atoms with van der Waals surface area (Å²) < 4.78 is 2.51. The minimum Gasteiger partial charge on any atom is -0.293 e. The molecule has 1 aliphatic carbocycles. The van der Waals surface area contributed by atoms with Crippen molar-refractivity contribution in [2.45, 2.75) is 19.3 Å². The van der Waals surface area contributed by atoms with Gasteiger partial charge in [-0.25, -0.2) is 0 Å². The van der Waals surface area contributed by atoms with Gasteiger partial charge in [0.1, 0.15) is 0 Å². The summed E-state index contributed by atoms with van der Waals surface area (Å²) in [5.41, 5.74) is 2.80. The largest absolute Gasteiger partial charge is 0.293 e. The first kappa shape index (κ1) is 15.6. The summed E-state index contributed by atoms with van der Waals surface area (Å²) in [5, 5.41) is 1.54. The molecule has 0 spiro atoms. The highest BCUT2D eigenvalue weighted by Gasteiger charge is 2.29. The number of aryl methyl sites for hydroxylation is 1. The number of hydrogen-bond donors (Lipinski definition) is 0. The van der Waals surface area contributed by atoms with E-state index in [2.05, 4.69) is 15.9 Å². The smallest absolute Gasteiger partial charge is 0.262 e.